The Hall–Kier alpha value is -4.70. The average molecular weight is 791 g/mol. The summed E-state index contributed by atoms with van der Waals surface area (Å²) >= 11 is 2.55. The van der Waals surface area contributed by atoms with Gasteiger partial charge >= 0.3 is 0 Å². The van der Waals surface area contributed by atoms with Gasteiger partial charge in [0.05, 0.1) is 12.1 Å². The third-order valence-electron chi connectivity index (χ3n) is 10.2. The maximum atomic E-state index is 14.0. The van der Waals surface area contributed by atoms with Crippen molar-refractivity contribution in [1.29, 1.82) is 0 Å². The molecular weight excluding hydrogens is 741 g/mol. The number of thiazole rings is 2. The first-order valence-corrected chi connectivity index (χ1v) is 20.7. The van der Waals surface area contributed by atoms with Crippen molar-refractivity contribution in [3.63, 3.8) is 0 Å². The molecule has 4 amide bonds. The summed E-state index contributed by atoms with van der Waals surface area (Å²) in [4.78, 5) is 74.2. The third-order valence-corrected chi connectivity index (χ3v) is 12.1. The molecule has 4 unspecified atom stereocenters. The van der Waals surface area contributed by atoms with Crippen molar-refractivity contribution in [3.05, 3.63) is 68.1 Å². The Morgan fingerprint density at radius 3 is 1.75 bits per heavy atom. The standard InChI is InChI=1S/C39H50N8O6S2/c1-9-20(6)29-37-47-30(21(7)53-37)34(50)40-24(15-23-13-11-10-12-14-23)38-41-25(16-54-38)32(48)43-27(18(2)3)36-46-31(22(8)52-36)35(51)44-28(19(4)5)39-42-26(17-55-39)33(49)45-29/h10-14,16-22,24,27-31H,9,15H2,1-8H3,(H,40,50)(H,43,48)(H,44,51)(H,45,49)/t20?,21-,22-,24-,27+,28-,29?,30?,31?/m1/s1. The molecule has 2 aromatic heterocycles. The van der Waals surface area contributed by atoms with Crippen LogP contribution >= 0.6 is 22.7 Å². The van der Waals surface area contributed by atoms with Gasteiger partial charge in [-0.05, 0) is 43.6 Å². The molecule has 3 aromatic rings. The van der Waals surface area contributed by atoms with Crippen LogP contribution in [0.3, 0.4) is 0 Å². The van der Waals surface area contributed by atoms with E-state index in [1.54, 1.807) is 24.6 Å². The van der Waals surface area contributed by atoms with Gasteiger partial charge in [-0.25, -0.2) is 20.0 Å². The number of nitrogens with zero attached hydrogens (tertiary/aromatic N) is 4. The second-order valence-electron chi connectivity index (χ2n) is 15.1. The lowest BCUT2D eigenvalue weighted by atomic mass is 9.98. The lowest BCUT2D eigenvalue weighted by molar-refractivity contribution is -0.125. The number of carbonyl (C=O) groups excluding carboxylic acids is 4. The Kier molecular flexibility index (Phi) is 12.3. The number of amides is 4. The number of aliphatic imine (C=N–C) groups is 2. The van der Waals surface area contributed by atoms with Crippen LogP contribution in [-0.4, -0.2) is 81.8 Å². The second-order valence-corrected chi connectivity index (χ2v) is 16.9. The highest BCUT2D eigenvalue weighted by Gasteiger charge is 2.41. The largest absolute Gasteiger partial charge is 0.474 e. The van der Waals surface area contributed by atoms with Gasteiger partial charge in [0.15, 0.2) is 12.1 Å². The van der Waals surface area contributed by atoms with Crippen LogP contribution in [0.2, 0.25) is 0 Å². The zero-order valence-corrected chi connectivity index (χ0v) is 34.0. The summed E-state index contributed by atoms with van der Waals surface area (Å²) in [6, 6.07) is 5.59. The molecule has 3 aliphatic rings. The maximum absolute atomic E-state index is 14.0. The van der Waals surface area contributed by atoms with Crippen LogP contribution in [0.25, 0.3) is 0 Å². The van der Waals surface area contributed by atoms with Crippen molar-refractivity contribution >= 4 is 58.1 Å². The highest BCUT2D eigenvalue weighted by atomic mass is 32.1. The first-order valence-electron chi connectivity index (χ1n) is 18.9. The van der Waals surface area contributed by atoms with E-state index in [9.17, 15) is 19.2 Å². The van der Waals surface area contributed by atoms with Crippen molar-refractivity contribution in [2.24, 2.45) is 27.7 Å². The molecule has 0 saturated heterocycles. The monoisotopic (exact) mass is 790 g/mol. The van der Waals surface area contributed by atoms with E-state index in [-0.39, 0.29) is 52.8 Å². The van der Waals surface area contributed by atoms with Crippen molar-refractivity contribution in [2.45, 2.75) is 117 Å². The van der Waals surface area contributed by atoms with E-state index in [0.717, 1.165) is 5.56 Å². The lowest BCUT2D eigenvalue weighted by Crippen LogP contribution is -2.45. The Morgan fingerprint density at radius 2 is 1.18 bits per heavy atom. The summed E-state index contributed by atoms with van der Waals surface area (Å²) in [5.41, 5.74) is 1.35. The number of hydrogen-bond donors (Lipinski definition) is 4. The van der Waals surface area contributed by atoms with E-state index in [2.05, 4.69) is 31.2 Å². The minimum atomic E-state index is -0.892. The fourth-order valence-electron chi connectivity index (χ4n) is 6.68. The van der Waals surface area contributed by atoms with Crippen molar-refractivity contribution in [2.75, 3.05) is 0 Å². The molecule has 4 N–H and O–H groups in total. The number of fused-ring (bicyclic) bond motifs is 6. The van der Waals surface area contributed by atoms with Crippen LogP contribution in [0.1, 0.15) is 110 Å². The summed E-state index contributed by atoms with van der Waals surface area (Å²) in [5, 5.41) is 16.8. The molecule has 3 aliphatic heterocycles. The molecule has 1 aromatic carbocycles. The molecular formula is C39H50N8O6S2. The molecule has 9 atom stereocenters. The number of aromatic nitrogens is 2. The Labute approximate surface area is 329 Å². The van der Waals surface area contributed by atoms with Crippen molar-refractivity contribution < 1.29 is 28.7 Å². The fourth-order valence-corrected chi connectivity index (χ4v) is 8.55. The van der Waals surface area contributed by atoms with Gasteiger partial charge in [0.1, 0.15) is 45.7 Å². The summed E-state index contributed by atoms with van der Waals surface area (Å²) in [7, 11) is 0. The van der Waals surface area contributed by atoms with Gasteiger partial charge in [0.2, 0.25) is 23.6 Å². The van der Waals surface area contributed by atoms with E-state index in [1.165, 1.54) is 22.7 Å². The number of rotatable bonds is 6. The van der Waals surface area contributed by atoms with Crippen LogP contribution in [0, 0.1) is 17.8 Å². The van der Waals surface area contributed by atoms with Gasteiger partial charge in [-0.15, -0.1) is 22.7 Å². The average Bonchev–Trinajstić information content (AvgIpc) is 3.98. The van der Waals surface area contributed by atoms with Gasteiger partial charge < -0.3 is 30.7 Å². The normalized spacial score (nSPS) is 28.2. The molecule has 0 radical (unpaired) electrons. The van der Waals surface area contributed by atoms with E-state index in [4.69, 9.17) is 19.5 Å². The molecule has 6 rings (SSSR count). The van der Waals surface area contributed by atoms with Gasteiger partial charge in [0, 0.05) is 10.8 Å². The Bertz CT molecular complexity index is 1940. The number of benzene rings is 1. The highest BCUT2D eigenvalue weighted by Crippen LogP contribution is 2.29. The highest BCUT2D eigenvalue weighted by molar-refractivity contribution is 7.10. The number of nitrogens with one attached hydrogen (secondary N) is 4. The first kappa shape index (κ1) is 40.0. The second kappa shape index (κ2) is 17.0. The summed E-state index contributed by atoms with van der Waals surface area (Å²) in [6.45, 7) is 15.3. The minimum Gasteiger partial charge on any atom is -0.474 e. The zero-order valence-electron chi connectivity index (χ0n) is 32.4. The number of hydrogen-bond acceptors (Lipinski definition) is 12. The smallest absolute Gasteiger partial charge is 0.271 e. The summed E-state index contributed by atoms with van der Waals surface area (Å²) in [6.07, 6.45) is -0.0891. The minimum absolute atomic E-state index is 0.0673. The SMILES string of the molecule is CCC(C)C1NC(=O)c2csc(n2)[C@@H](C(C)C)NC(=O)C2N=C(O[C@@H]2C)[C@H](C(C)C)NC(=O)c2csc(n2)[C@@H](Cc2ccccc2)NC(=O)C2N=C1O[C@@H]2C. The summed E-state index contributed by atoms with van der Waals surface area (Å²) in [5.74, 6) is -1.32. The van der Waals surface area contributed by atoms with Crippen LogP contribution in [0.4, 0.5) is 0 Å². The topological polar surface area (TPSA) is 185 Å². The number of ether oxygens (including phenoxy) is 2. The van der Waals surface area contributed by atoms with E-state index in [0.29, 0.717) is 22.9 Å². The zero-order chi connectivity index (χ0) is 39.6. The molecule has 0 aliphatic carbocycles. The molecule has 0 fully saturated rings. The van der Waals surface area contributed by atoms with Gasteiger partial charge in [-0.3, -0.25) is 19.2 Å². The van der Waals surface area contributed by atoms with Crippen LogP contribution < -0.4 is 21.3 Å². The molecule has 14 nitrogen and oxygen atoms in total. The quantitative estimate of drug-likeness (QED) is 0.275. The van der Waals surface area contributed by atoms with Crippen molar-refractivity contribution in [3.8, 4) is 0 Å². The molecule has 0 saturated carbocycles. The first-order chi connectivity index (χ1) is 26.2. The Morgan fingerprint density at radius 1 is 0.673 bits per heavy atom. The van der Waals surface area contributed by atoms with E-state index >= 15 is 0 Å². The predicted octanol–water partition coefficient (Wildman–Crippen LogP) is 4.80. The van der Waals surface area contributed by atoms with Crippen LogP contribution in [-0.2, 0) is 25.5 Å². The number of carbonyl (C=O) groups is 4. The molecule has 0 spiro atoms. The van der Waals surface area contributed by atoms with Crippen molar-refractivity contribution in [1.82, 2.24) is 31.2 Å². The molecule has 55 heavy (non-hydrogen) atoms. The lowest BCUT2D eigenvalue weighted by Gasteiger charge is -2.24. The van der Waals surface area contributed by atoms with Crippen LogP contribution in [0.5, 0.6) is 0 Å². The Balaban J connectivity index is 1.39. The van der Waals surface area contributed by atoms with Gasteiger partial charge in [0.25, 0.3) is 11.8 Å². The fraction of sp³-hybridized carbons (Fsp3) is 0.538. The van der Waals surface area contributed by atoms with E-state index in [1.807, 2.05) is 71.9 Å². The van der Waals surface area contributed by atoms with E-state index < -0.39 is 60.3 Å². The molecule has 8 bridgehead atoms. The predicted molar refractivity (Wildman–Crippen MR) is 211 cm³/mol. The van der Waals surface area contributed by atoms with Gasteiger partial charge in [-0.2, -0.15) is 0 Å². The van der Waals surface area contributed by atoms with Gasteiger partial charge in [-0.1, -0.05) is 78.3 Å². The summed E-state index contributed by atoms with van der Waals surface area (Å²) < 4.78 is 12.3. The third kappa shape index (κ3) is 8.90. The molecule has 5 heterocycles. The molecule has 294 valence electrons. The maximum Gasteiger partial charge on any atom is 0.271 e. The molecule has 16 heteroatoms. The van der Waals surface area contributed by atoms with Crippen LogP contribution in [0.15, 0.2) is 51.1 Å².